The number of nitrogens with one attached hydrogen (secondary N) is 2. The van der Waals surface area contributed by atoms with Gasteiger partial charge in [0, 0.05) is 17.7 Å². The van der Waals surface area contributed by atoms with Crippen LogP contribution in [0.3, 0.4) is 0 Å². The van der Waals surface area contributed by atoms with Gasteiger partial charge in [-0.1, -0.05) is 48.5 Å². The van der Waals surface area contributed by atoms with E-state index < -0.39 is 35.9 Å². The number of carboxylic acid groups (broad SMARTS) is 1. The first-order valence-electron chi connectivity index (χ1n) is 11.0. The van der Waals surface area contributed by atoms with Crippen LogP contribution in [-0.4, -0.2) is 41.4 Å². The highest BCUT2D eigenvalue weighted by molar-refractivity contribution is 5.82. The number of benzene rings is 2. The number of rotatable bonds is 8. The Bertz CT molecular complexity index is 968. The van der Waals surface area contributed by atoms with E-state index in [4.69, 9.17) is 9.47 Å². The Morgan fingerprint density at radius 1 is 0.939 bits per heavy atom. The molecule has 1 aliphatic rings. The van der Waals surface area contributed by atoms with Gasteiger partial charge in [-0.2, -0.15) is 0 Å². The number of unbranched alkanes of at least 4 members (excludes halogenated alkanes) is 1. The van der Waals surface area contributed by atoms with Crippen molar-refractivity contribution in [3.63, 3.8) is 0 Å². The summed E-state index contributed by atoms with van der Waals surface area (Å²) in [4.78, 5) is 35.9. The van der Waals surface area contributed by atoms with Gasteiger partial charge in [0.1, 0.15) is 11.6 Å². The van der Waals surface area contributed by atoms with E-state index >= 15 is 0 Å². The largest absolute Gasteiger partial charge is 0.480 e. The number of hydrogen-bond acceptors (Lipinski definition) is 5. The number of carbonyl (C=O) groups is 3. The molecule has 8 nitrogen and oxygen atoms in total. The van der Waals surface area contributed by atoms with Gasteiger partial charge in [-0.05, 0) is 51.2 Å². The number of alkyl carbamates (subject to hydrolysis) is 2. The van der Waals surface area contributed by atoms with E-state index in [-0.39, 0.29) is 6.42 Å². The number of aliphatic carboxylic acids is 1. The summed E-state index contributed by atoms with van der Waals surface area (Å²) in [6.45, 7) is 5.67. The lowest BCUT2D eigenvalue weighted by molar-refractivity contribution is -0.139. The molecule has 0 radical (unpaired) electrons. The zero-order valence-electron chi connectivity index (χ0n) is 19.1. The molecule has 2 aromatic carbocycles. The van der Waals surface area contributed by atoms with Crippen molar-refractivity contribution in [1.82, 2.24) is 10.6 Å². The fourth-order valence-corrected chi connectivity index (χ4v) is 3.76. The molecule has 3 rings (SSSR count). The zero-order chi connectivity index (χ0) is 24.0. The number of ether oxygens (including phenoxy) is 2. The van der Waals surface area contributed by atoms with Gasteiger partial charge in [0.05, 0.1) is 0 Å². The maximum atomic E-state index is 12.6. The second kappa shape index (κ2) is 10.4. The van der Waals surface area contributed by atoms with Crippen LogP contribution in [-0.2, 0) is 14.3 Å². The van der Waals surface area contributed by atoms with Crippen LogP contribution in [0.15, 0.2) is 48.5 Å². The van der Waals surface area contributed by atoms with Gasteiger partial charge in [0.2, 0.25) is 0 Å². The highest BCUT2D eigenvalue weighted by Gasteiger charge is 2.32. The van der Waals surface area contributed by atoms with E-state index in [0.717, 1.165) is 22.3 Å². The molecule has 0 spiro atoms. The first kappa shape index (κ1) is 24.1. The predicted molar refractivity (Wildman–Crippen MR) is 123 cm³/mol. The van der Waals surface area contributed by atoms with E-state index in [9.17, 15) is 19.5 Å². The lowest BCUT2D eigenvalue weighted by Gasteiger charge is -2.20. The summed E-state index contributed by atoms with van der Waals surface area (Å²) in [5.74, 6) is -1.14. The highest BCUT2D eigenvalue weighted by Crippen LogP contribution is 2.45. The van der Waals surface area contributed by atoms with Crippen LogP contribution in [0.25, 0.3) is 11.1 Å². The molecule has 3 N–H and O–H groups in total. The molecule has 2 aromatic rings. The van der Waals surface area contributed by atoms with Crippen LogP contribution >= 0.6 is 0 Å². The van der Waals surface area contributed by atoms with Crippen LogP contribution in [0, 0.1) is 0 Å². The van der Waals surface area contributed by atoms with Crippen molar-refractivity contribution in [1.29, 1.82) is 0 Å². The van der Waals surface area contributed by atoms with Gasteiger partial charge in [-0.25, -0.2) is 14.4 Å². The van der Waals surface area contributed by atoms with E-state index in [1.54, 1.807) is 20.8 Å². The quantitative estimate of drug-likeness (QED) is 0.501. The Morgan fingerprint density at radius 2 is 1.52 bits per heavy atom. The van der Waals surface area contributed by atoms with Gasteiger partial charge in [0.15, 0.2) is 6.10 Å². The Balaban J connectivity index is 1.51. The zero-order valence-corrected chi connectivity index (χ0v) is 19.1. The predicted octanol–water partition coefficient (Wildman–Crippen LogP) is 4.63. The van der Waals surface area contributed by atoms with Crippen molar-refractivity contribution in [2.75, 3.05) is 6.54 Å². The first-order chi connectivity index (χ1) is 15.7. The minimum absolute atomic E-state index is 0.207. The normalized spacial score (nSPS) is 13.4. The van der Waals surface area contributed by atoms with E-state index in [2.05, 4.69) is 10.6 Å². The number of amides is 2. The molecule has 2 amide bonds. The molecule has 1 atom stereocenters. The highest BCUT2D eigenvalue weighted by atomic mass is 16.6. The smallest absolute Gasteiger partial charge is 0.408 e. The van der Waals surface area contributed by atoms with Gasteiger partial charge < -0.3 is 25.2 Å². The molecule has 0 bridgehead atoms. The summed E-state index contributed by atoms with van der Waals surface area (Å²) in [6.07, 6.45) is -0.657. The summed E-state index contributed by atoms with van der Waals surface area (Å²) in [6, 6.07) is 14.3. The standard InChI is InChI=1S/C25H30N2O6/c1-25(2,3)33-23(30)26-15-9-8-14-20(22(28)29)27-24(31)32-21-18-12-6-4-10-16(18)17-11-5-7-13-19(17)21/h4-7,10-13,20-21H,8-9,14-15H2,1-3H3,(H,26,30)(H,27,31)(H,28,29)/t20-/m0/s1. The monoisotopic (exact) mass is 454 g/mol. The molecular weight excluding hydrogens is 424 g/mol. The fourth-order valence-electron chi connectivity index (χ4n) is 3.76. The Hall–Kier alpha value is -3.55. The third-order valence-corrected chi connectivity index (χ3v) is 5.18. The van der Waals surface area contributed by atoms with E-state index in [0.29, 0.717) is 19.4 Å². The molecule has 1 aliphatic carbocycles. The lowest BCUT2D eigenvalue weighted by Crippen LogP contribution is -2.41. The molecule has 0 saturated heterocycles. The molecule has 0 unspecified atom stereocenters. The van der Waals surface area contributed by atoms with Crippen molar-refractivity contribution in [3.8, 4) is 11.1 Å². The van der Waals surface area contributed by atoms with Crippen molar-refractivity contribution in [2.24, 2.45) is 0 Å². The Labute approximate surface area is 193 Å². The summed E-state index contributed by atoms with van der Waals surface area (Å²) >= 11 is 0. The summed E-state index contributed by atoms with van der Waals surface area (Å²) in [7, 11) is 0. The van der Waals surface area contributed by atoms with Crippen molar-refractivity contribution in [2.45, 2.75) is 57.8 Å². The minimum atomic E-state index is -1.14. The summed E-state index contributed by atoms with van der Waals surface area (Å²) < 4.78 is 10.8. The molecule has 0 aliphatic heterocycles. The van der Waals surface area contributed by atoms with Crippen LogP contribution in [0.5, 0.6) is 0 Å². The van der Waals surface area contributed by atoms with Crippen LogP contribution in [0.4, 0.5) is 9.59 Å². The molecular formula is C25H30N2O6. The topological polar surface area (TPSA) is 114 Å². The van der Waals surface area contributed by atoms with Crippen molar-refractivity contribution < 1.29 is 29.0 Å². The van der Waals surface area contributed by atoms with E-state index in [1.807, 2.05) is 48.5 Å². The van der Waals surface area contributed by atoms with Crippen molar-refractivity contribution in [3.05, 3.63) is 59.7 Å². The van der Waals surface area contributed by atoms with Gasteiger partial charge in [0.25, 0.3) is 0 Å². The van der Waals surface area contributed by atoms with Crippen LogP contribution in [0.2, 0.25) is 0 Å². The minimum Gasteiger partial charge on any atom is -0.480 e. The molecule has 0 aromatic heterocycles. The Morgan fingerprint density at radius 3 is 2.06 bits per heavy atom. The third kappa shape index (κ3) is 6.47. The third-order valence-electron chi connectivity index (χ3n) is 5.18. The second-order valence-corrected chi connectivity index (χ2v) is 8.92. The Kier molecular flexibility index (Phi) is 7.58. The molecule has 0 heterocycles. The maximum Gasteiger partial charge on any atom is 0.408 e. The fraction of sp³-hybridized carbons (Fsp3) is 0.400. The summed E-state index contributed by atoms with van der Waals surface area (Å²) in [5, 5.41) is 14.6. The average Bonchev–Trinajstić information content (AvgIpc) is 3.05. The number of fused-ring (bicyclic) bond motifs is 3. The SMILES string of the molecule is CC(C)(C)OC(=O)NCCCC[C@H](NC(=O)OC1c2ccccc2-c2ccccc21)C(=O)O. The average molecular weight is 455 g/mol. The van der Waals surface area contributed by atoms with Gasteiger partial charge in [-0.15, -0.1) is 0 Å². The molecule has 8 heteroatoms. The number of hydrogen-bond donors (Lipinski definition) is 3. The van der Waals surface area contributed by atoms with Crippen LogP contribution in [0.1, 0.15) is 57.3 Å². The number of carboxylic acids is 1. The maximum absolute atomic E-state index is 12.6. The second-order valence-electron chi connectivity index (χ2n) is 8.92. The van der Waals surface area contributed by atoms with Gasteiger partial charge in [-0.3, -0.25) is 0 Å². The van der Waals surface area contributed by atoms with Crippen LogP contribution < -0.4 is 10.6 Å². The molecule has 33 heavy (non-hydrogen) atoms. The summed E-state index contributed by atoms with van der Waals surface area (Å²) in [5.41, 5.74) is 3.16. The molecule has 0 saturated carbocycles. The lowest BCUT2D eigenvalue weighted by atomic mass is 10.1. The molecule has 0 fully saturated rings. The first-order valence-corrected chi connectivity index (χ1v) is 11.0. The molecule has 176 valence electrons. The van der Waals surface area contributed by atoms with Crippen molar-refractivity contribution >= 4 is 18.2 Å². The van der Waals surface area contributed by atoms with E-state index in [1.165, 1.54) is 0 Å². The number of carbonyl (C=O) groups excluding carboxylic acids is 2. The van der Waals surface area contributed by atoms with Gasteiger partial charge >= 0.3 is 18.2 Å².